The Balaban J connectivity index is 2.50. The Kier molecular flexibility index (Phi) is 4.40. The van der Waals surface area contributed by atoms with Gasteiger partial charge in [0.05, 0.1) is 17.3 Å². The van der Waals surface area contributed by atoms with Gasteiger partial charge in [-0.25, -0.2) is 4.39 Å². The minimum Gasteiger partial charge on any atom is -0.392 e. The molecule has 2 nitrogen and oxygen atoms in total. The third kappa shape index (κ3) is 2.88. The number of nitrogens with zero attached hydrogens (tertiary/aromatic N) is 1. The number of aliphatic hydroxyl groups is 1. The van der Waals surface area contributed by atoms with E-state index in [2.05, 4.69) is 0 Å². The molecule has 0 amide bonds. The van der Waals surface area contributed by atoms with E-state index in [4.69, 9.17) is 11.6 Å². The molecule has 2 aromatic rings. The number of hydrogen-bond acceptors (Lipinski definition) is 2. The quantitative estimate of drug-likeness (QED) is 0.910. The normalized spacial score (nSPS) is 10.5. The predicted molar refractivity (Wildman–Crippen MR) is 76.5 cm³/mol. The number of aliphatic hydroxyl groups excluding tert-OH is 1. The molecule has 0 heterocycles. The van der Waals surface area contributed by atoms with Gasteiger partial charge in [0.1, 0.15) is 5.82 Å². The predicted octanol–water partition coefficient (Wildman–Crippen LogP) is 4.13. The third-order valence-corrected chi connectivity index (χ3v) is 3.27. The van der Waals surface area contributed by atoms with Gasteiger partial charge in [0.15, 0.2) is 0 Å². The van der Waals surface area contributed by atoms with E-state index in [-0.39, 0.29) is 12.4 Å². The first-order valence-corrected chi connectivity index (χ1v) is 6.46. The molecular formula is C15H15ClFNO. The average Bonchev–Trinajstić information content (AvgIpc) is 2.43. The number of benzene rings is 2. The lowest BCUT2D eigenvalue weighted by molar-refractivity contribution is 0.282. The molecule has 0 saturated heterocycles. The van der Waals surface area contributed by atoms with Crippen molar-refractivity contribution in [1.29, 1.82) is 0 Å². The highest BCUT2D eigenvalue weighted by molar-refractivity contribution is 6.33. The zero-order chi connectivity index (χ0) is 13.8. The average molecular weight is 280 g/mol. The zero-order valence-corrected chi connectivity index (χ0v) is 11.4. The summed E-state index contributed by atoms with van der Waals surface area (Å²) in [5, 5.41) is 10.0. The zero-order valence-electron chi connectivity index (χ0n) is 10.6. The molecule has 19 heavy (non-hydrogen) atoms. The second kappa shape index (κ2) is 6.04. The standard InChI is InChI=1S/C15H15ClFNO/c1-2-18(13-8-6-12(17)7-9-13)15-11(10-19)4-3-5-14(15)16/h3-9,19H,2,10H2,1H3. The van der Waals surface area contributed by atoms with Gasteiger partial charge in [-0.05, 0) is 37.3 Å². The minimum absolute atomic E-state index is 0.0897. The van der Waals surface area contributed by atoms with Crippen molar-refractivity contribution in [3.8, 4) is 0 Å². The third-order valence-electron chi connectivity index (χ3n) is 2.97. The van der Waals surface area contributed by atoms with Crippen molar-refractivity contribution >= 4 is 23.0 Å². The Labute approximate surface area is 117 Å². The molecule has 0 bridgehead atoms. The maximum Gasteiger partial charge on any atom is 0.123 e. The molecule has 0 aliphatic carbocycles. The van der Waals surface area contributed by atoms with Gasteiger partial charge >= 0.3 is 0 Å². The molecule has 0 spiro atoms. The smallest absolute Gasteiger partial charge is 0.123 e. The van der Waals surface area contributed by atoms with Crippen LogP contribution < -0.4 is 4.90 Å². The summed E-state index contributed by atoms with van der Waals surface area (Å²) in [5.74, 6) is -0.277. The van der Waals surface area contributed by atoms with Crippen LogP contribution in [0.4, 0.5) is 15.8 Å². The molecule has 0 atom stereocenters. The van der Waals surface area contributed by atoms with Crippen LogP contribution in [0.25, 0.3) is 0 Å². The fourth-order valence-electron chi connectivity index (χ4n) is 2.08. The summed E-state index contributed by atoms with van der Waals surface area (Å²) < 4.78 is 13.0. The lowest BCUT2D eigenvalue weighted by atomic mass is 10.1. The number of para-hydroxylation sites is 1. The van der Waals surface area contributed by atoms with E-state index >= 15 is 0 Å². The van der Waals surface area contributed by atoms with Gasteiger partial charge in [-0.1, -0.05) is 23.7 Å². The van der Waals surface area contributed by atoms with E-state index in [1.807, 2.05) is 17.9 Å². The Morgan fingerprint density at radius 1 is 1.16 bits per heavy atom. The van der Waals surface area contributed by atoms with Crippen LogP contribution in [0.1, 0.15) is 12.5 Å². The van der Waals surface area contributed by atoms with Crippen molar-refractivity contribution in [2.75, 3.05) is 11.4 Å². The van der Waals surface area contributed by atoms with E-state index in [0.717, 1.165) is 16.9 Å². The first kappa shape index (κ1) is 13.8. The van der Waals surface area contributed by atoms with Gasteiger partial charge in [0.25, 0.3) is 0 Å². The van der Waals surface area contributed by atoms with E-state index in [0.29, 0.717) is 11.6 Å². The molecule has 0 saturated carbocycles. The molecule has 4 heteroatoms. The van der Waals surface area contributed by atoms with Crippen LogP contribution in [-0.4, -0.2) is 11.7 Å². The van der Waals surface area contributed by atoms with Gasteiger partial charge in [-0.3, -0.25) is 0 Å². The van der Waals surface area contributed by atoms with Crippen LogP contribution in [0.3, 0.4) is 0 Å². The SMILES string of the molecule is CCN(c1ccc(F)cc1)c1c(Cl)cccc1CO. The summed E-state index contributed by atoms with van der Waals surface area (Å²) in [4.78, 5) is 1.95. The van der Waals surface area contributed by atoms with Crippen LogP contribution >= 0.6 is 11.6 Å². The van der Waals surface area contributed by atoms with E-state index in [1.165, 1.54) is 12.1 Å². The number of hydrogen-bond donors (Lipinski definition) is 1. The molecule has 1 N–H and O–H groups in total. The van der Waals surface area contributed by atoms with Crippen LogP contribution in [-0.2, 0) is 6.61 Å². The fraction of sp³-hybridized carbons (Fsp3) is 0.200. The highest BCUT2D eigenvalue weighted by Crippen LogP contribution is 2.35. The van der Waals surface area contributed by atoms with Crippen molar-refractivity contribution in [3.63, 3.8) is 0 Å². The molecular weight excluding hydrogens is 265 g/mol. The maximum absolute atomic E-state index is 13.0. The van der Waals surface area contributed by atoms with E-state index < -0.39 is 0 Å². The second-order valence-electron chi connectivity index (χ2n) is 4.13. The molecule has 2 aromatic carbocycles. The summed E-state index contributed by atoms with van der Waals surface area (Å²) in [7, 11) is 0. The minimum atomic E-state index is -0.277. The van der Waals surface area contributed by atoms with Crippen molar-refractivity contribution in [3.05, 3.63) is 58.9 Å². The van der Waals surface area contributed by atoms with Crippen LogP contribution in [0.15, 0.2) is 42.5 Å². The lowest BCUT2D eigenvalue weighted by Crippen LogP contribution is -2.18. The number of halogens is 2. The molecule has 0 aliphatic heterocycles. The van der Waals surface area contributed by atoms with E-state index in [9.17, 15) is 9.50 Å². The molecule has 0 unspecified atom stereocenters. The fourth-order valence-corrected chi connectivity index (χ4v) is 2.38. The second-order valence-corrected chi connectivity index (χ2v) is 4.53. The summed E-state index contributed by atoms with van der Waals surface area (Å²) in [6.45, 7) is 2.56. The van der Waals surface area contributed by atoms with Crippen LogP contribution in [0.5, 0.6) is 0 Å². The largest absolute Gasteiger partial charge is 0.392 e. The number of anilines is 2. The van der Waals surface area contributed by atoms with Crippen molar-refractivity contribution in [2.45, 2.75) is 13.5 Å². The highest BCUT2D eigenvalue weighted by Gasteiger charge is 2.15. The lowest BCUT2D eigenvalue weighted by Gasteiger charge is -2.26. The molecule has 0 aromatic heterocycles. The summed E-state index contributed by atoms with van der Waals surface area (Å²) in [6.07, 6.45) is 0. The topological polar surface area (TPSA) is 23.5 Å². The van der Waals surface area contributed by atoms with Crippen molar-refractivity contribution in [1.82, 2.24) is 0 Å². The first-order valence-electron chi connectivity index (χ1n) is 6.08. The Morgan fingerprint density at radius 3 is 2.42 bits per heavy atom. The molecule has 2 rings (SSSR count). The Bertz CT molecular complexity index is 557. The molecule has 0 radical (unpaired) electrons. The van der Waals surface area contributed by atoms with Crippen LogP contribution in [0.2, 0.25) is 5.02 Å². The van der Waals surface area contributed by atoms with Gasteiger partial charge < -0.3 is 10.0 Å². The van der Waals surface area contributed by atoms with Gasteiger partial charge in [0.2, 0.25) is 0 Å². The molecule has 0 fully saturated rings. The van der Waals surface area contributed by atoms with E-state index in [1.54, 1.807) is 24.3 Å². The van der Waals surface area contributed by atoms with Crippen LogP contribution in [0, 0.1) is 5.82 Å². The first-order chi connectivity index (χ1) is 9.17. The monoisotopic (exact) mass is 279 g/mol. The Hall–Kier alpha value is -1.58. The molecule has 100 valence electrons. The van der Waals surface area contributed by atoms with Gasteiger partial charge in [-0.15, -0.1) is 0 Å². The Morgan fingerprint density at radius 2 is 1.84 bits per heavy atom. The highest BCUT2D eigenvalue weighted by atomic mass is 35.5. The summed E-state index contributed by atoms with van der Waals surface area (Å²) >= 11 is 6.24. The van der Waals surface area contributed by atoms with Gasteiger partial charge in [-0.2, -0.15) is 0 Å². The summed E-state index contributed by atoms with van der Waals surface area (Å²) in [5.41, 5.74) is 2.35. The maximum atomic E-state index is 13.0. The van der Waals surface area contributed by atoms with Crippen molar-refractivity contribution in [2.24, 2.45) is 0 Å². The van der Waals surface area contributed by atoms with Crippen molar-refractivity contribution < 1.29 is 9.50 Å². The number of rotatable bonds is 4. The summed E-state index contributed by atoms with van der Waals surface area (Å²) in [6, 6.07) is 11.6. The van der Waals surface area contributed by atoms with Gasteiger partial charge in [0, 0.05) is 17.8 Å². The molecule has 0 aliphatic rings.